The Labute approximate surface area is 299 Å². The molecule has 1 aliphatic heterocycles. The fourth-order valence-electron chi connectivity index (χ4n) is 7.55. The van der Waals surface area contributed by atoms with Crippen LogP contribution in [0.15, 0.2) is 84.9 Å². The fourth-order valence-corrected chi connectivity index (χ4v) is 7.55. The second kappa shape index (κ2) is 14.9. The van der Waals surface area contributed by atoms with E-state index in [9.17, 15) is 0 Å². The van der Waals surface area contributed by atoms with Crippen LogP contribution in [0.5, 0.6) is 34.5 Å². The van der Waals surface area contributed by atoms with Crippen LogP contribution >= 0.6 is 0 Å². The molecule has 0 unspecified atom stereocenters. The van der Waals surface area contributed by atoms with Gasteiger partial charge in [-0.05, 0) is 55.9 Å². The molecule has 0 bridgehead atoms. The lowest BCUT2D eigenvalue weighted by Crippen LogP contribution is -2.31. The van der Waals surface area contributed by atoms with Gasteiger partial charge >= 0.3 is 0 Å². The first kappa shape index (κ1) is 34.1. The van der Waals surface area contributed by atoms with Crippen molar-refractivity contribution in [3.8, 4) is 45.9 Å². The Morgan fingerprint density at radius 1 is 0.451 bits per heavy atom. The zero-order chi connectivity index (χ0) is 35.5. The van der Waals surface area contributed by atoms with Crippen LogP contribution in [0.3, 0.4) is 0 Å². The van der Waals surface area contributed by atoms with E-state index < -0.39 is 0 Å². The van der Waals surface area contributed by atoms with E-state index in [1.54, 1.807) is 42.7 Å². The smallest absolute Gasteiger partial charge is 0.204 e. The lowest BCUT2D eigenvalue weighted by atomic mass is 10.2. The van der Waals surface area contributed by atoms with Crippen LogP contribution in [-0.2, 0) is 13.1 Å². The minimum atomic E-state index is 0.595. The Hall–Kier alpha value is -5.32. The average Bonchev–Trinajstić information content (AvgIpc) is 3.63. The van der Waals surface area contributed by atoms with Gasteiger partial charge in [0.2, 0.25) is 11.5 Å². The molecule has 7 rings (SSSR count). The van der Waals surface area contributed by atoms with Crippen LogP contribution in [0.2, 0.25) is 0 Å². The molecule has 10 heteroatoms. The van der Waals surface area contributed by atoms with Crippen molar-refractivity contribution in [2.45, 2.75) is 19.5 Å². The monoisotopic (exact) mass is 690 g/mol. The van der Waals surface area contributed by atoms with Crippen molar-refractivity contribution in [3.05, 3.63) is 96.3 Å². The van der Waals surface area contributed by atoms with Crippen molar-refractivity contribution in [2.75, 3.05) is 68.8 Å². The molecule has 0 saturated carbocycles. The van der Waals surface area contributed by atoms with Gasteiger partial charge in [-0.2, -0.15) is 0 Å². The maximum atomic E-state index is 5.92. The number of ether oxygens (including phenoxy) is 6. The highest BCUT2D eigenvalue weighted by atomic mass is 16.5. The highest BCUT2D eigenvalue weighted by Crippen LogP contribution is 2.46. The van der Waals surface area contributed by atoms with Gasteiger partial charge in [-0.1, -0.05) is 36.4 Å². The summed E-state index contributed by atoms with van der Waals surface area (Å²) in [6.07, 6.45) is 1.05. The summed E-state index contributed by atoms with van der Waals surface area (Å²) in [5.74, 6) is 3.80. The standard InChI is InChI=1S/C41H46N4O6/c1-46-36-24-34-32(38(48-3)40(36)50-5)22-30(44(34)28-14-9-7-10-15-28)26-42-18-13-19-43(21-20-42)27-31-23-33-35(45(31)29-16-11-8-12-17-29)25-37(47-2)41(51-6)39(33)49-4/h7-12,14-17,22-25H,13,18-21,26-27H2,1-6H3. The van der Waals surface area contributed by atoms with E-state index >= 15 is 0 Å². The second-order valence-corrected chi connectivity index (χ2v) is 12.7. The zero-order valence-corrected chi connectivity index (χ0v) is 30.3. The molecule has 51 heavy (non-hydrogen) atoms. The molecule has 3 heterocycles. The van der Waals surface area contributed by atoms with Gasteiger partial charge in [0.15, 0.2) is 23.0 Å². The van der Waals surface area contributed by atoms with Crippen molar-refractivity contribution in [1.82, 2.24) is 18.9 Å². The van der Waals surface area contributed by atoms with Gasteiger partial charge in [0, 0.05) is 71.8 Å². The quantitative estimate of drug-likeness (QED) is 0.132. The van der Waals surface area contributed by atoms with Crippen LogP contribution in [0, 0.1) is 0 Å². The van der Waals surface area contributed by atoms with Gasteiger partial charge in [-0.15, -0.1) is 0 Å². The van der Waals surface area contributed by atoms with Gasteiger partial charge in [-0.25, -0.2) is 0 Å². The normalized spacial score (nSPS) is 14.1. The lowest BCUT2D eigenvalue weighted by Gasteiger charge is -2.23. The summed E-state index contributed by atoms with van der Waals surface area (Å²) in [5, 5.41) is 1.98. The van der Waals surface area contributed by atoms with Crippen molar-refractivity contribution in [3.63, 3.8) is 0 Å². The van der Waals surface area contributed by atoms with E-state index in [1.165, 1.54) is 11.4 Å². The molecule has 266 valence electrons. The molecule has 1 fully saturated rings. The summed E-state index contributed by atoms with van der Waals surface area (Å²) in [5.41, 5.74) is 6.56. The number of hydrogen-bond donors (Lipinski definition) is 0. The molecule has 0 radical (unpaired) electrons. The molecule has 2 aromatic heterocycles. The molecule has 0 aliphatic carbocycles. The summed E-state index contributed by atoms with van der Waals surface area (Å²) in [4.78, 5) is 5.11. The highest BCUT2D eigenvalue weighted by molar-refractivity contribution is 5.94. The predicted octanol–water partition coefficient (Wildman–Crippen LogP) is 7.33. The number of fused-ring (bicyclic) bond motifs is 2. The molecule has 0 atom stereocenters. The predicted molar refractivity (Wildman–Crippen MR) is 201 cm³/mol. The zero-order valence-electron chi connectivity index (χ0n) is 30.3. The first-order valence-electron chi connectivity index (χ1n) is 17.3. The molecule has 1 saturated heterocycles. The number of rotatable bonds is 12. The van der Waals surface area contributed by atoms with E-state index in [4.69, 9.17) is 28.4 Å². The molecular weight excluding hydrogens is 644 g/mol. The topological polar surface area (TPSA) is 71.7 Å². The Bertz CT molecular complexity index is 1970. The van der Waals surface area contributed by atoms with Gasteiger partial charge in [-0.3, -0.25) is 9.80 Å². The molecule has 4 aromatic carbocycles. The summed E-state index contributed by atoms with van der Waals surface area (Å²) >= 11 is 0. The van der Waals surface area contributed by atoms with Gasteiger partial charge in [0.1, 0.15) is 0 Å². The molecule has 0 spiro atoms. The van der Waals surface area contributed by atoms with Crippen LogP contribution in [0.1, 0.15) is 17.8 Å². The number of para-hydroxylation sites is 2. The van der Waals surface area contributed by atoms with Crippen LogP contribution < -0.4 is 28.4 Å². The molecule has 0 N–H and O–H groups in total. The first-order valence-corrected chi connectivity index (χ1v) is 17.3. The summed E-state index contributed by atoms with van der Waals surface area (Å²) in [7, 11) is 9.97. The maximum absolute atomic E-state index is 5.92. The van der Waals surface area contributed by atoms with Gasteiger partial charge in [0.25, 0.3) is 0 Å². The van der Waals surface area contributed by atoms with E-state index in [1.807, 2.05) is 24.3 Å². The lowest BCUT2D eigenvalue weighted by molar-refractivity contribution is 0.243. The molecular formula is C41H46N4O6. The third-order valence-corrected chi connectivity index (χ3v) is 9.85. The van der Waals surface area contributed by atoms with Crippen molar-refractivity contribution >= 4 is 21.8 Å². The highest BCUT2D eigenvalue weighted by Gasteiger charge is 2.26. The third kappa shape index (κ3) is 6.30. The van der Waals surface area contributed by atoms with Crippen molar-refractivity contribution in [2.24, 2.45) is 0 Å². The average molecular weight is 691 g/mol. The Morgan fingerprint density at radius 3 is 1.20 bits per heavy atom. The number of nitrogens with zero attached hydrogens (tertiary/aromatic N) is 4. The van der Waals surface area contributed by atoms with Gasteiger partial charge < -0.3 is 37.6 Å². The Morgan fingerprint density at radius 2 is 0.843 bits per heavy atom. The van der Waals surface area contributed by atoms with Crippen LogP contribution in [-0.4, -0.2) is 87.8 Å². The Kier molecular flexibility index (Phi) is 9.96. The second-order valence-electron chi connectivity index (χ2n) is 12.7. The summed E-state index contributed by atoms with van der Waals surface area (Å²) in [6, 6.07) is 29.5. The minimum absolute atomic E-state index is 0.595. The Balaban J connectivity index is 1.20. The van der Waals surface area contributed by atoms with Crippen molar-refractivity contribution in [1.29, 1.82) is 0 Å². The number of methoxy groups -OCH3 is 6. The maximum Gasteiger partial charge on any atom is 0.204 e. The summed E-state index contributed by atoms with van der Waals surface area (Å²) < 4.78 is 39.5. The SMILES string of the molecule is COc1cc2c(cc(CN3CCCN(Cc4cc5c(OC)c(OC)c(OC)cc5n4-c4ccccc4)CC3)n2-c2ccccc2)c(OC)c1OC. The van der Waals surface area contributed by atoms with E-state index in [0.29, 0.717) is 34.5 Å². The largest absolute Gasteiger partial charge is 0.493 e. The fraction of sp³-hybridized carbons (Fsp3) is 0.317. The minimum Gasteiger partial charge on any atom is -0.493 e. The van der Waals surface area contributed by atoms with E-state index in [0.717, 1.165) is 78.9 Å². The van der Waals surface area contributed by atoms with Crippen LogP contribution in [0.25, 0.3) is 33.2 Å². The molecule has 6 aromatic rings. The molecule has 10 nitrogen and oxygen atoms in total. The third-order valence-electron chi connectivity index (χ3n) is 9.85. The molecule has 0 amide bonds. The van der Waals surface area contributed by atoms with E-state index in [-0.39, 0.29) is 0 Å². The molecule has 1 aliphatic rings. The number of aromatic nitrogens is 2. The van der Waals surface area contributed by atoms with Crippen molar-refractivity contribution < 1.29 is 28.4 Å². The van der Waals surface area contributed by atoms with Gasteiger partial charge in [0.05, 0.1) is 53.7 Å². The first-order chi connectivity index (χ1) is 25.0. The number of hydrogen-bond acceptors (Lipinski definition) is 8. The van der Waals surface area contributed by atoms with E-state index in [2.05, 4.69) is 79.6 Å². The van der Waals surface area contributed by atoms with Crippen LogP contribution in [0.4, 0.5) is 0 Å². The summed E-state index contributed by atoms with van der Waals surface area (Å²) in [6.45, 7) is 5.40. The number of benzene rings is 4.